The lowest BCUT2D eigenvalue weighted by molar-refractivity contribution is -0.925. The molecule has 0 aliphatic heterocycles. The third-order valence-corrected chi connectivity index (χ3v) is 29.8. The first kappa shape index (κ1) is 69.4. The van der Waals surface area contributed by atoms with E-state index in [0.29, 0.717) is 32.5 Å². The van der Waals surface area contributed by atoms with Crippen LogP contribution in [-0.2, 0) is 0 Å². The summed E-state index contributed by atoms with van der Waals surface area (Å²) in [5, 5.41) is 0. The normalized spacial score (nSPS) is 39.1. The van der Waals surface area contributed by atoms with Crippen LogP contribution in [0.1, 0.15) is 348 Å². The van der Waals surface area contributed by atoms with Gasteiger partial charge in [0.25, 0.3) is 0 Å². The molecule has 0 aromatic heterocycles. The van der Waals surface area contributed by atoms with Gasteiger partial charge in [0.05, 0.1) is 46.8 Å². The lowest BCUT2D eigenvalue weighted by atomic mass is 9.40. The van der Waals surface area contributed by atoms with Crippen LogP contribution < -0.4 is 4.90 Å². The average Bonchev–Trinajstić information content (AvgIpc) is 3.50. The zero-order valence-corrected chi connectivity index (χ0v) is 59.8. The van der Waals surface area contributed by atoms with Crippen molar-refractivity contribution >= 4 is 0 Å². The third kappa shape index (κ3) is 15.2. The van der Waals surface area contributed by atoms with E-state index in [1.807, 2.05) is 0 Å². The van der Waals surface area contributed by atoms with E-state index in [2.05, 4.69) is 132 Å². The van der Waals surface area contributed by atoms with E-state index in [1.165, 1.54) is 229 Å². The molecule has 18 atom stereocenters. The average molecular weight is 1140 g/mol. The zero-order chi connectivity index (χ0) is 59.9. The number of nitrogens with one attached hydrogen (secondary N) is 1. The van der Waals surface area contributed by atoms with Gasteiger partial charge in [-0.05, 0) is 207 Å². The largest absolute Gasteiger partial charge is 0.337 e. The van der Waals surface area contributed by atoms with Gasteiger partial charge in [0, 0.05) is 23.7 Å². The lowest BCUT2D eigenvalue weighted by Crippen LogP contribution is -3.12. The van der Waals surface area contributed by atoms with Gasteiger partial charge in [0.2, 0.25) is 0 Å². The van der Waals surface area contributed by atoms with Gasteiger partial charge in [-0.2, -0.15) is 0 Å². The van der Waals surface area contributed by atoms with E-state index in [4.69, 9.17) is 0 Å². The summed E-state index contributed by atoms with van der Waals surface area (Å²) >= 11 is 0. The number of unbranched alkanes of at least 4 members (excludes halogenated alkanes) is 15. The summed E-state index contributed by atoms with van der Waals surface area (Å²) in [7, 11) is 10.1. The predicted molar refractivity (Wildman–Crippen MR) is 361 cm³/mol. The van der Waals surface area contributed by atoms with E-state index in [1.54, 1.807) is 30.6 Å². The Morgan fingerprint density at radius 2 is 0.744 bits per heavy atom. The number of hydrogen-bond donors (Lipinski definition) is 1. The van der Waals surface area contributed by atoms with Crippen LogP contribution >= 0.6 is 0 Å². The van der Waals surface area contributed by atoms with Crippen LogP contribution in [0.15, 0.2) is 0 Å². The number of hydrogen-bond acceptors (Lipinski definition) is 0. The molecule has 8 saturated carbocycles. The predicted octanol–water partition coefficient (Wildman–Crippen LogP) is 22.7. The smallest absolute Gasteiger partial charge is 0.0940 e. The Morgan fingerprint density at radius 1 is 0.378 bits per heavy atom. The first-order chi connectivity index (χ1) is 38.7. The Balaban J connectivity index is 0.000000259. The molecule has 82 heavy (non-hydrogen) atoms. The summed E-state index contributed by atoms with van der Waals surface area (Å²) in [6.07, 6.45) is 56.4. The Bertz CT molecular complexity index is 1860. The minimum atomic E-state index is 0.445. The van der Waals surface area contributed by atoms with Gasteiger partial charge < -0.3 is 9.38 Å². The molecule has 0 aromatic carbocycles. The molecular weight excluding hydrogens is 989 g/mol. The fourth-order valence-corrected chi connectivity index (χ4v) is 25.8. The molecule has 8 fully saturated rings. The minimum Gasteiger partial charge on any atom is -0.337 e. The summed E-state index contributed by atoms with van der Waals surface area (Å²) in [6, 6.07) is 1.67. The van der Waals surface area contributed by atoms with Crippen molar-refractivity contribution in [2.24, 2.45) is 115 Å². The summed E-state index contributed by atoms with van der Waals surface area (Å²) in [5.74, 6) is 13.5. The van der Waals surface area contributed by atoms with Gasteiger partial charge in [0.1, 0.15) is 0 Å². The van der Waals surface area contributed by atoms with E-state index < -0.39 is 0 Å². The van der Waals surface area contributed by atoms with E-state index in [0.717, 1.165) is 94.9 Å². The molecule has 8 aliphatic carbocycles. The quantitative estimate of drug-likeness (QED) is 0.0562. The number of quaternary nitrogens is 2. The van der Waals surface area contributed by atoms with Crippen LogP contribution in [0.5, 0.6) is 0 Å². The number of rotatable bonds is 29. The Kier molecular flexibility index (Phi) is 25.1. The second kappa shape index (κ2) is 29.7. The van der Waals surface area contributed by atoms with Crippen LogP contribution in [-0.4, -0.2) is 51.3 Å². The first-order valence-electron chi connectivity index (χ1n) is 38.3. The fourth-order valence-electron chi connectivity index (χ4n) is 25.8. The monoisotopic (exact) mass is 1140 g/mol. The maximum atomic E-state index is 2.83. The molecule has 2 nitrogen and oxygen atoms in total. The summed E-state index contributed by atoms with van der Waals surface area (Å²) < 4.78 is 1.27. The van der Waals surface area contributed by atoms with Crippen molar-refractivity contribution in [1.82, 2.24) is 0 Å². The van der Waals surface area contributed by atoms with Crippen molar-refractivity contribution in [3.05, 3.63) is 0 Å². The molecule has 480 valence electrons. The van der Waals surface area contributed by atoms with Crippen LogP contribution in [0.3, 0.4) is 0 Å². The SMILES string of the molecule is CC(C)CCCC(C)C1CCC2C3CCC4C(C)(C)C([NH+](C)C)CCC4(C)C3CCC12C.CCCCCCCCCCCCCCCCCC[N+](C)(C)C1CCC2(C)C3CCC4(C)C(C(C)CCCC(C)C)CCC4C3CCC2C1(C)C. The molecule has 0 spiro atoms. The highest BCUT2D eigenvalue weighted by Gasteiger charge is 2.67. The van der Waals surface area contributed by atoms with E-state index in [9.17, 15) is 0 Å². The van der Waals surface area contributed by atoms with Crippen molar-refractivity contribution in [3.8, 4) is 0 Å². The Hall–Kier alpha value is -0.0800. The molecule has 0 radical (unpaired) electrons. The van der Waals surface area contributed by atoms with Crippen molar-refractivity contribution in [2.75, 3.05) is 34.7 Å². The maximum Gasteiger partial charge on any atom is 0.0940 e. The lowest BCUT2D eigenvalue weighted by Gasteiger charge is -2.66. The van der Waals surface area contributed by atoms with Crippen molar-refractivity contribution < 1.29 is 9.38 Å². The molecule has 0 amide bonds. The zero-order valence-electron chi connectivity index (χ0n) is 59.8. The molecule has 8 aliphatic rings. The molecule has 2 heteroatoms. The minimum absolute atomic E-state index is 0.445. The van der Waals surface area contributed by atoms with Gasteiger partial charge in [-0.3, -0.25) is 0 Å². The highest BCUT2D eigenvalue weighted by atomic mass is 15.3. The third-order valence-electron chi connectivity index (χ3n) is 29.8. The summed E-state index contributed by atoms with van der Waals surface area (Å²) in [5.41, 5.74) is 3.36. The number of fused-ring (bicyclic) bond motifs is 10. The Morgan fingerprint density at radius 3 is 1.15 bits per heavy atom. The number of nitrogens with zero attached hydrogens (tertiary/aromatic N) is 1. The highest BCUT2D eigenvalue weighted by Crippen LogP contribution is 2.72. The summed E-state index contributed by atoms with van der Waals surface area (Å²) in [6.45, 7) is 40.5. The van der Waals surface area contributed by atoms with E-state index in [-0.39, 0.29) is 0 Å². The second-order valence-electron chi connectivity index (χ2n) is 36.8. The fraction of sp³-hybridized carbons (Fsp3) is 1.00. The molecule has 0 heterocycles. The first-order valence-corrected chi connectivity index (χ1v) is 38.3. The van der Waals surface area contributed by atoms with E-state index >= 15 is 0 Å². The Labute approximate surface area is 516 Å². The van der Waals surface area contributed by atoms with Gasteiger partial charge in [0.15, 0.2) is 0 Å². The molecule has 0 saturated heterocycles. The van der Waals surface area contributed by atoms with Gasteiger partial charge in [-0.1, -0.05) is 232 Å². The summed E-state index contributed by atoms with van der Waals surface area (Å²) in [4.78, 5) is 1.69. The molecular formula is C80H152N2+2. The second-order valence-corrected chi connectivity index (χ2v) is 36.8. The van der Waals surface area contributed by atoms with Gasteiger partial charge >= 0.3 is 0 Å². The van der Waals surface area contributed by atoms with Gasteiger partial charge in [-0.25, -0.2) is 0 Å². The molecule has 0 bridgehead atoms. The van der Waals surface area contributed by atoms with Crippen molar-refractivity contribution in [2.45, 2.75) is 360 Å². The molecule has 0 aromatic rings. The molecule has 18 unspecified atom stereocenters. The van der Waals surface area contributed by atoms with Crippen LogP contribution in [0, 0.1) is 115 Å². The van der Waals surface area contributed by atoms with Gasteiger partial charge in [-0.15, -0.1) is 0 Å². The molecule has 1 N–H and O–H groups in total. The molecule has 8 rings (SSSR count). The topological polar surface area (TPSA) is 4.44 Å². The standard InChI is InChI=1S/C49H94N.C31H57N/c1-11-12-13-14-15-16-17-18-19-20-21-22-23-24-25-26-38-50(9,10)46-35-37-49(8)44-34-36-48(7)42(40(4)29-27-28-39(2)3)31-32-43(48)41(44)30-33-45(49)47(46,5)6;1-21(2)11-10-12-22(3)24-14-15-25-23-13-16-27-29(4,5)28(32(8)9)18-20-31(27,7)26(23)17-19-30(24,25)6/h39-46H,11-38H2,1-10H3;21-28H,10-20H2,1-9H3/q+1;/p+1. The maximum absolute atomic E-state index is 2.83. The highest BCUT2D eigenvalue weighted by molar-refractivity contribution is 5.14. The van der Waals surface area contributed by atoms with Crippen LogP contribution in [0.25, 0.3) is 0 Å². The van der Waals surface area contributed by atoms with Crippen LogP contribution in [0.4, 0.5) is 0 Å². The van der Waals surface area contributed by atoms with Crippen molar-refractivity contribution in [1.29, 1.82) is 0 Å². The van der Waals surface area contributed by atoms with Crippen LogP contribution in [0.2, 0.25) is 0 Å². The van der Waals surface area contributed by atoms with Crippen molar-refractivity contribution in [3.63, 3.8) is 0 Å².